The average molecular weight is 309 g/mol. The van der Waals surface area contributed by atoms with Gasteiger partial charge < -0.3 is 15.1 Å². The Morgan fingerprint density at radius 3 is 2.55 bits per heavy atom. The molecule has 0 saturated carbocycles. The molecule has 22 heavy (non-hydrogen) atoms. The van der Waals surface area contributed by atoms with E-state index < -0.39 is 17.7 Å². The van der Waals surface area contributed by atoms with Gasteiger partial charge in [-0.1, -0.05) is 0 Å². The number of hydrogen-bond acceptors (Lipinski definition) is 3. The lowest BCUT2D eigenvalue weighted by Crippen LogP contribution is -2.53. The van der Waals surface area contributed by atoms with E-state index in [2.05, 4.69) is 5.32 Å². The minimum Gasteiger partial charge on any atom is -0.366 e. The fourth-order valence-electron chi connectivity index (χ4n) is 2.92. The first-order valence-corrected chi connectivity index (χ1v) is 7.33. The summed E-state index contributed by atoms with van der Waals surface area (Å²) in [4.78, 5) is 26.9. The van der Waals surface area contributed by atoms with E-state index in [9.17, 15) is 18.4 Å². The molecule has 3 rings (SSSR count). The van der Waals surface area contributed by atoms with Crippen LogP contribution in [0.5, 0.6) is 0 Å². The number of carbonyl (C=O) groups excluding carboxylic acids is 2. The number of piperazine rings is 1. The predicted molar refractivity (Wildman–Crippen MR) is 76.3 cm³/mol. The highest BCUT2D eigenvalue weighted by Crippen LogP contribution is 2.22. The van der Waals surface area contributed by atoms with Crippen LogP contribution in [0.25, 0.3) is 0 Å². The van der Waals surface area contributed by atoms with Gasteiger partial charge in [-0.05, 0) is 18.6 Å². The Balaban J connectivity index is 1.61. The van der Waals surface area contributed by atoms with E-state index in [-0.39, 0.29) is 17.5 Å². The number of rotatable bonds is 2. The topological polar surface area (TPSA) is 52.7 Å². The Bertz CT molecular complexity index is 600. The molecule has 1 atom stereocenters. The first kappa shape index (κ1) is 14.7. The van der Waals surface area contributed by atoms with Gasteiger partial charge in [0.25, 0.3) is 0 Å². The number of benzene rings is 1. The van der Waals surface area contributed by atoms with Crippen LogP contribution in [0.4, 0.5) is 14.5 Å². The third-order valence-electron chi connectivity index (χ3n) is 4.13. The third-order valence-corrected chi connectivity index (χ3v) is 4.13. The van der Waals surface area contributed by atoms with Gasteiger partial charge in [0, 0.05) is 38.7 Å². The highest BCUT2D eigenvalue weighted by Gasteiger charge is 2.32. The molecule has 2 heterocycles. The summed E-state index contributed by atoms with van der Waals surface area (Å²) in [6.45, 7) is 1.74. The minimum atomic E-state index is -0.483. The fourth-order valence-corrected chi connectivity index (χ4v) is 2.92. The number of carbonyl (C=O) groups is 2. The monoisotopic (exact) mass is 309 g/mol. The summed E-state index contributed by atoms with van der Waals surface area (Å²) in [7, 11) is 0. The number of nitrogens with zero attached hydrogens (tertiary/aromatic N) is 2. The maximum Gasteiger partial charge on any atom is 0.245 e. The summed E-state index contributed by atoms with van der Waals surface area (Å²) < 4.78 is 27.0. The fraction of sp³-hybridized carbons (Fsp3) is 0.467. The van der Waals surface area contributed by atoms with E-state index in [4.69, 9.17) is 0 Å². The molecule has 0 bridgehead atoms. The molecular formula is C15H17F2N3O2. The maximum atomic E-state index is 13.8. The average Bonchev–Trinajstić information content (AvgIpc) is 2.96. The largest absolute Gasteiger partial charge is 0.366 e. The van der Waals surface area contributed by atoms with Crippen molar-refractivity contribution in [3.8, 4) is 0 Å². The Labute approximate surface area is 126 Å². The Morgan fingerprint density at radius 1 is 1.18 bits per heavy atom. The van der Waals surface area contributed by atoms with Gasteiger partial charge in [-0.2, -0.15) is 0 Å². The van der Waals surface area contributed by atoms with Gasteiger partial charge >= 0.3 is 0 Å². The first-order chi connectivity index (χ1) is 10.5. The van der Waals surface area contributed by atoms with Crippen LogP contribution in [-0.2, 0) is 9.59 Å². The van der Waals surface area contributed by atoms with Crippen LogP contribution in [0.15, 0.2) is 18.2 Å². The van der Waals surface area contributed by atoms with Crippen molar-refractivity contribution in [2.75, 3.05) is 31.1 Å². The highest BCUT2D eigenvalue weighted by atomic mass is 19.1. The van der Waals surface area contributed by atoms with E-state index in [1.54, 1.807) is 9.80 Å². The summed E-state index contributed by atoms with van der Waals surface area (Å²) in [5.74, 6) is -1.14. The van der Waals surface area contributed by atoms with E-state index in [1.165, 1.54) is 6.07 Å². The first-order valence-electron chi connectivity index (χ1n) is 7.33. The van der Waals surface area contributed by atoms with Crippen molar-refractivity contribution in [1.29, 1.82) is 0 Å². The number of hydrogen-bond donors (Lipinski definition) is 1. The van der Waals surface area contributed by atoms with Crippen LogP contribution < -0.4 is 10.2 Å². The van der Waals surface area contributed by atoms with Crippen molar-refractivity contribution in [2.45, 2.75) is 18.9 Å². The van der Waals surface area contributed by atoms with Gasteiger partial charge in [0.2, 0.25) is 11.8 Å². The Hall–Kier alpha value is -2.18. The van der Waals surface area contributed by atoms with Gasteiger partial charge in [-0.25, -0.2) is 8.78 Å². The molecule has 0 unspecified atom stereocenters. The quantitative estimate of drug-likeness (QED) is 0.883. The SMILES string of the molecule is O=C1CC[C@H](C(=O)N2CCN(c3cc(F)ccc3F)CC2)N1. The van der Waals surface area contributed by atoms with Crippen molar-refractivity contribution in [3.63, 3.8) is 0 Å². The van der Waals surface area contributed by atoms with Crippen LogP contribution in [-0.4, -0.2) is 48.9 Å². The molecule has 0 aliphatic carbocycles. The van der Waals surface area contributed by atoms with Crippen LogP contribution >= 0.6 is 0 Å². The van der Waals surface area contributed by atoms with E-state index in [1.807, 2.05) is 0 Å². The Kier molecular flexibility index (Phi) is 3.96. The Morgan fingerprint density at radius 2 is 1.91 bits per heavy atom. The standard InChI is InChI=1S/C15H17F2N3O2/c16-10-1-2-11(17)13(9-10)19-5-7-20(8-6-19)15(22)12-3-4-14(21)18-12/h1-2,9,12H,3-8H2,(H,18,21)/t12-/m1/s1. The second kappa shape index (κ2) is 5.90. The molecule has 5 nitrogen and oxygen atoms in total. The predicted octanol–water partition coefficient (Wildman–Crippen LogP) is 0.892. The van der Waals surface area contributed by atoms with Gasteiger partial charge in [0.1, 0.15) is 17.7 Å². The number of nitrogens with one attached hydrogen (secondary N) is 1. The number of halogens is 2. The zero-order chi connectivity index (χ0) is 15.7. The second-order valence-electron chi connectivity index (χ2n) is 5.57. The van der Waals surface area contributed by atoms with Crippen LogP contribution in [0.1, 0.15) is 12.8 Å². The molecule has 1 N–H and O–H groups in total. The van der Waals surface area contributed by atoms with E-state index in [0.717, 1.165) is 12.1 Å². The molecule has 2 aliphatic heterocycles. The lowest BCUT2D eigenvalue weighted by molar-refractivity contribution is -0.134. The van der Waals surface area contributed by atoms with Crippen LogP contribution in [0.2, 0.25) is 0 Å². The van der Waals surface area contributed by atoms with Crippen LogP contribution in [0.3, 0.4) is 0 Å². The second-order valence-corrected chi connectivity index (χ2v) is 5.57. The van der Waals surface area contributed by atoms with Crippen molar-refractivity contribution in [2.24, 2.45) is 0 Å². The smallest absolute Gasteiger partial charge is 0.245 e. The zero-order valence-electron chi connectivity index (χ0n) is 12.0. The summed E-state index contributed by atoms with van der Waals surface area (Å²) in [5, 5.41) is 2.66. The molecule has 2 aliphatic rings. The van der Waals surface area contributed by atoms with Gasteiger partial charge in [-0.15, -0.1) is 0 Å². The number of anilines is 1. The minimum absolute atomic E-state index is 0.0924. The van der Waals surface area contributed by atoms with Crippen molar-refractivity contribution in [1.82, 2.24) is 10.2 Å². The van der Waals surface area contributed by atoms with Crippen molar-refractivity contribution in [3.05, 3.63) is 29.8 Å². The molecule has 1 aromatic rings. The maximum absolute atomic E-state index is 13.8. The van der Waals surface area contributed by atoms with E-state index in [0.29, 0.717) is 39.0 Å². The summed E-state index contributed by atoms with van der Waals surface area (Å²) in [6.07, 6.45) is 0.904. The summed E-state index contributed by atoms with van der Waals surface area (Å²) in [6, 6.07) is 2.92. The lowest BCUT2D eigenvalue weighted by Gasteiger charge is -2.37. The number of amides is 2. The van der Waals surface area contributed by atoms with E-state index >= 15 is 0 Å². The lowest BCUT2D eigenvalue weighted by atomic mass is 10.1. The van der Waals surface area contributed by atoms with Gasteiger partial charge in [-0.3, -0.25) is 9.59 Å². The molecule has 0 spiro atoms. The zero-order valence-corrected chi connectivity index (χ0v) is 12.0. The molecule has 0 aromatic heterocycles. The summed E-state index contributed by atoms with van der Waals surface area (Å²) in [5.41, 5.74) is 0.223. The van der Waals surface area contributed by atoms with Crippen molar-refractivity contribution < 1.29 is 18.4 Å². The molecule has 2 saturated heterocycles. The molecular weight excluding hydrogens is 292 g/mol. The van der Waals surface area contributed by atoms with Crippen LogP contribution in [0, 0.1) is 11.6 Å². The molecule has 2 fully saturated rings. The summed E-state index contributed by atoms with van der Waals surface area (Å²) >= 11 is 0. The molecule has 118 valence electrons. The highest BCUT2D eigenvalue weighted by molar-refractivity contribution is 5.90. The third kappa shape index (κ3) is 2.88. The molecule has 2 amide bonds. The normalized spacial score (nSPS) is 21.9. The van der Waals surface area contributed by atoms with Gasteiger partial charge in [0.15, 0.2) is 0 Å². The molecule has 7 heteroatoms. The molecule has 1 aromatic carbocycles. The van der Waals surface area contributed by atoms with Crippen molar-refractivity contribution >= 4 is 17.5 Å². The molecule has 0 radical (unpaired) electrons. The van der Waals surface area contributed by atoms with Gasteiger partial charge in [0.05, 0.1) is 5.69 Å².